The van der Waals surface area contributed by atoms with Gasteiger partial charge in [-0.05, 0) is 19.3 Å². The van der Waals surface area contributed by atoms with Crippen LogP contribution in [0.4, 0.5) is 0 Å². The molecule has 0 aromatic carbocycles. The molecule has 2 rings (SSSR count). The van der Waals surface area contributed by atoms with E-state index in [2.05, 4.69) is 16.6 Å². The van der Waals surface area contributed by atoms with E-state index in [-0.39, 0.29) is 0 Å². The number of nitrogens with two attached hydrogens (primary N) is 1. The van der Waals surface area contributed by atoms with E-state index in [1.165, 1.54) is 25.1 Å². The highest BCUT2D eigenvalue weighted by atomic mass is 15.0. The van der Waals surface area contributed by atoms with Crippen LogP contribution in [0.5, 0.6) is 0 Å². The molecule has 1 aliphatic carbocycles. The highest BCUT2D eigenvalue weighted by molar-refractivity contribution is 5.02. The highest BCUT2D eigenvalue weighted by Gasteiger charge is 2.23. The zero-order valence-electron chi connectivity index (χ0n) is 8.11. The number of nitrogens with zero attached hydrogens (tertiary/aromatic N) is 2. The maximum absolute atomic E-state index is 5.94. The summed E-state index contributed by atoms with van der Waals surface area (Å²) >= 11 is 0. The molecule has 0 saturated heterocycles. The Morgan fingerprint density at radius 1 is 1.54 bits per heavy atom. The van der Waals surface area contributed by atoms with Gasteiger partial charge in [0.1, 0.15) is 5.82 Å². The minimum absolute atomic E-state index is 0.385. The molecular weight excluding hydrogens is 162 g/mol. The normalized spacial score (nSPS) is 29.1. The SMILES string of the molecule is Cn1ccnc1[C@H]1CCC[C@@H](N)C1. The van der Waals surface area contributed by atoms with Gasteiger partial charge in [0.2, 0.25) is 0 Å². The zero-order chi connectivity index (χ0) is 9.26. The molecule has 0 unspecified atom stereocenters. The predicted octanol–water partition coefficient (Wildman–Crippen LogP) is 1.41. The third-order valence-electron chi connectivity index (χ3n) is 2.94. The minimum atomic E-state index is 0.385. The fourth-order valence-corrected chi connectivity index (χ4v) is 2.23. The Hall–Kier alpha value is -0.830. The predicted molar refractivity (Wildman–Crippen MR) is 52.4 cm³/mol. The molecular formula is C10H17N3. The third-order valence-corrected chi connectivity index (χ3v) is 2.94. The van der Waals surface area contributed by atoms with Gasteiger partial charge in [0.05, 0.1) is 0 Å². The Bertz CT molecular complexity index is 279. The van der Waals surface area contributed by atoms with Crippen LogP contribution >= 0.6 is 0 Å². The van der Waals surface area contributed by atoms with Crippen LogP contribution in [0.25, 0.3) is 0 Å². The number of aryl methyl sites for hydroxylation is 1. The van der Waals surface area contributed by atoms with Gasteiger partial charge in [-0.1, -0.05) is 6.42 Å². The van der Waals surface area contributed by atoms with Gasteiger partial charge in [0, 0.05) is 31.4 Å². The largest absolute Gasteiger partial charge is 0.338 e. The Morgan fingerprint density at radius 2 is 2.38 bits per heavy atom. The van der Waals surface area contributed by atoms with E-state index >= 15 is 0 Å². The topological polar surface area (TPSA) is 43.8 Å². The van der Waals surface area contributed by atoms with Gasteiger partial charge in [-0.2, -0.15) is 0 Å². The molecule has 3 nitrogen and oxygen atoms in total. The van der Waals surface area contributed by atoms with E-state index in [1.807, 2.05) is 12.4 Å². The lowest BCUT2D eigenvalue weighted by Crippen LogP contribution is -2.27. The fourth-order valence-electron chi connectivity index (χ4n) is 2.23. The van der Waals surface area contributed by atoms with Crippen molar-refractivity contribution in [2.24, 2.45) is 12.8 Å². The van der Waals surface area contributed by atoms with E-state index in [0.717, 1.165) is 6.42 Å². The van der Waals surface area contributed by atoms with Crippen LogP contribution in [0, 0.1) is 0 Å². The first-order valence-electron chi connectivity index (χ1n) is 5.00. The molecule has 2 atom stereocenters. The molecule has 1 aliphatic rings. The average molecular weight is 179 g/mol. The maximum Gasteiger partial charge on any atom is 0.111 e. The smallest absolute Gasteiger partial charge is 0.111 e. The summed E-state index contributed by atoms with van der Waals surface area (Å²) in [4.78, 5) is 4.38. The second-order valence-electron chi connectivity index (χ2n) is 4.02. The molecule has 0 radical (unpaired) electrons. The second kappa shape index (κ2) is 3.50. The molecule has 0 spiro atoms. The molecule has 3 heteroatoms. The molecule has 1 saturated carbocycles. The number of aromatic nitrogens is 2. The summed E-state index contributed by atoms with van der Waals surface area (Å²) in [5.74, 6) is 1.79. The third kappa shape index (κ3) is 1.75. The summed E-state index contributed by atoms with van der Waals surface area (Å²) in [7, 11) is 2.06. The van der Waals surface area contributed by atoms with Crippen molar-refractivity contribution in [3.8, 4) is 0 Å². The standard InChI is InChI=1S/C10H17N3/c1-13-6-5-12-10(13)8-3-2-4-9(11)7-8/h5-6,8-9H,2-4,7,11H2,1H3/t8-,9+/m0/s1. The Balaban J connectivity index is 2.12. The van der Waals surface area contributed by atoms with Crippen molar-refractivity contribution in [3.63, 3.8) is 0 Å². The molecule has 1 heterocycles. The fraction of sp³-hybridized carbons (Fsp3) is 0.700. The molecule has 13 heavy (non-hydrogen) atoms. The van der Waals surface area contributed by atoms with E-state index in [0.29, 0.717) is 12.0 Å². The molecule has 1 aromatic heterocycles. The van der Waals surface area contributed by atoms with Crippen LogP contribution in [0.15, 0.2) is 12.4 Å². The van der Waals surface area contributed by atoms with Gasteiger partial charge in [-0.15, -0.1) is 0 Å². The summed E-state index contributed by atoms with van der Waals surface area (Å²) < 4.78 is 2.11. The summed E-state index contributed by atoms with van der Waals surface area (Å²) in [5, 5.41) is 0. The van der Waals surface area contributed by atoms with Crippen LogP contribution in [0.2, 0.25) is 0 Å². The van der Waals surface area contributed by atoms with Gasteiger partial charge in [-0.3, -0.25) is 0 Å². The quantitative estimate of drug-likeness (QED) is 0.708. The number of hydrogen-bond acceptors (Lipinski definition) is 2. The van der Waals surface area contributed by atoms with E-state index in [4.69, 9.17) is 5.73 Å². The van der Waals surface area contributed by atoms with E-state index in [9.17, 15) is 0 Å². The van der Waals surface area contributed by atoms with Crippen molar-refractivity contribution in [1.29, 1.82) is 0 Å². The van der Waals surface area contributed by atoms with Crippen molar-refractivity contribution < 1.29 is 0 Å². The Labute approximate surface area is 79.0 Å². The van der Waals surface area contributed by atoms with Gasteiger partial charge in [0.15, 0.2) is 0 Å². The van der Waals surface area contributed by atoms with Crippen molar-refractivity contribution in [2.75, 3.05) is 0 Å². The van der Waals surface area contributed by atoms with Crippen molar-refractivity contribution >= 4 is 0 Å². The summed E-state index contributed by atoms with van der Waals surface area (Å²) in [5.41, 5.74) is 5.94. The van der Waals surface area contributed by atoms with Crippen molar-refractivity contribution in [1.82, 2.24) is 9.55 Å². The average Bonchev–Trinajstić information content (AvgIpc) is 2.51. The maximum atomic E-state index is 5.94. The number of imidazole rings is 1. The number of hydrogen-bond donors (Lipinski definition) is 1. The van der Waals surface area contributed by atoms with Crippen LogP contribution in [-0.2, 0) is 7.05 Å². The number of rotatable bonds is 1. The lowest BCUT2D eigenvalue weighted by Gasteiger charge is -2.25. The molecule has 1 aromatic rings. The van der Waals surface area contributed by atoms with Crippen LogP contribution in [0.3, 0.4) is 0 Å². The molecule has 0 aliphatic heterocycles. The lowest BCUT2D eigenvalue weighted by atomic mass is 9.85. The first-order chi connectivity index (χ1) is 6.27. The molecule has 72 valence electrons. The van der Waals surface area contributed by atoms with Crippen LogP contribution in [-0.4, -0.2) is 15.6 Å². The van der Waals surface area contributed by atoms with Crippen LogP contribution in [0.1, 0.15) is 37.4 Å². The van der Waals surface area contributed by atoms with Crippen molar-refractivity contribution in [2.45, 2.75) is 37.6 Å². The monoisotopic (exact) mass is 179 g/mol. The Kier molecular flexibility index (Phi) is 2.36. The minimum Gasteiger partial charge on any atom is -0.338 e. The van der Waals surface area contributed by atoms with E-state index < -0.39 is 0 Å². The van der Waals surface area contributed by atoms with Crippen molar-refractivity contribution in [3.05, 3.63) is 18.2 Å². The second-order valence-corrected chi connectivity index (χ2v) is 4.02. The lowest BCUT2D eigenvalue weighted by molar-refractivity contribution is 0.377. The molecule has 0 amide bonds. The van der Waals surface area contributed by atoms with E-state index in [1.54, 1.807) is 0 Å². The zero-order valence-corrected chi connectivity index (χ0v) is 8.11. The first-order valence-corrected chi connectivity index (χ1v) is 5.00. The summed E-state index contributed by atoms with van der Waals surface area (Å²) in [6.45, 7) is 0. The Morgan fingerprint density at radius 3 is 3.00 bits per heavy atom. The van der Waals surface area contributed by atoms with Gasteiger partial charge < -0.3 is 10.3 Å². The first kappa shape index (κ1) is 8.75. The van der Waals surface area contributed by atoms with Gasteiger partial charge >= 0.3 is 0 Å². The van der Waals surface area contributed by atoms with Crippen LogP contribution < -0.4 is 5.73 Å². The summed E-state index contributed by atoms with van der Waals surface area (Å²) in [6, 6.07) is 0.385. The molecule has 1 fully saturated rings. The van der Waals surface area contributed by atoms with Gasteiger partial charge in [0.25, 0.3) is 0 Å². The van der Waals surface area contributed by atoms with Gasteiger partial charge in [-0.25, -0.2) is 4.98 Å². The molecule has 0 bridgehead atoms. The highest BCUT2D eigenvalue weighted by Crippen LogP contribution is 2.30. The summed E-state index contributed by atoms with van der Waals surface area (Å²) in [6.07, 6.45) is 8.66. The molecule has 2 N–H and O–H groups in total.